The summed E-state index contributed by atoms with van der Waals surface area (Å²) in [6.07, 6.45) is 2.43. The Hall–Kier alpha value is -2.04. The molecular formula is C16H23N3O2. The van der Waals surface area contributed by atoms with Gasteiger partial charge in [0.05, 0.1) is 0 Å². The van der Waals surface area contributed by atoms with Crippen molar-refractivity contribution in [2.45, 2.75) is 32.7 Å². The highest BCUT2D eigenvalue weighted by Crippen LogP contribution is 2.09. The van der Waals surface area contributed by atoms with Crippen LogP contribution in [0.25, 0.3) is 0 Å². The van der Waals surface area contributed by atoms with Crippen LogP contribution in [0.15, 0.2) is 24.3 Å². The number of hydrogen-bond acceptors (Lipinski definition) is 2. The molecule has 1 fully saturated rings. The van der Waals surface area contributed by atoms with Gasteiger partial charge in [-0.2, -0.15) is 0 Å². The standard InChI is InChI=1S/C16H23N3O2/c1-13-6-2-3-7-14(13)12-18-16(21)17-9-5-11-19-10-4-8-15(19)20/h2-3,6-7H,4-5,8-12H2,1H3,(H2,17,18,21). The highest BCUT2D eigenvalue weighted by Gasteiger charge is 2.18. The smallest absolute Gasteiger partial charge is 0.315 e. The van der Waals surface area contributed by atoms with Gasteiger partial charge < -0.3 is 15.5 Å². The summed E-state index contributed by atoms with van der Waals surface area (Å²) in [7, 11) is 0. The molecule has 0 unspecified atom stereocenters. The number of benzene rings is 1. The number of nitrogens with one attached hydrogen (secondary N) is 2. The predicted octanol–water partition coefficient (Wildman–Crippen LogP) is 1.81. The van der Waals surface area contributed by atoms with Crippen LogP contribution in [0, 0.1) is 6.92 Å². The van der Waals surface area contributed by atoms with Gasteiger partial charge in [0.1, 0.15) is 0 Å². The molecule has 0 radical (unpaired) electrons. The molecule has 3 amide bonds. The van der Waals surface area contributed by atoms with Crippen molar-refractivity contribution in [2.75, 3.05) is 19.6 Å². The van der Waals surface area contributed by atoms with E-state index in [1.165, 1.54) is 5.56 Å². The van der Waals surface area contributed by atoms with Gasteiger partial charge in [-0.15, -0.1) is 0 Å². The van der Waals surface area contributed by atoms with Gasteiger partial charge in [0, 0.05) is 32.6 Å². The van der Waals surface area contributed by atoms with E-state index in [2.05, 4.69) is 10.6 Å². The molecule has 1 aliphatic heterocycles. The van der Waals surface area contributed by atoms with Gasteiger partial charge in [0.25, 0.3) is 0 Å². The van der Waals surface area contributed by atoms with Gasteiger partial charge in [-0.25, -0.2) is 4.79 Å². The Labute approximate surface area is 125 Å². The van der Waals surface area contributed by atoms with Gasteiger partial charge in [-0.3, -0.25) is 4.79 Å². The van der Waals surface area contributed by atoms with Crippen LogP contribution in [0.4, 0.5) is 4.79 Å². The number of likely N-dealkylation sites (tertiary alicyclic amines) is 1. The minimum atomic E-state index is -0.161. The molecule has 1 saturated heterocycles. The molecule has 5 heteroatoms. The van der Waals surface area contributed by atoms with Crippen LogP contribution in [-0.2, 0) is 11.3 Å². The molecule has 1 aromatic carbocycles. The van der Waals surface area contributed by atoms with E-state index in [0.29, 0.717) is 19.5 Å². The van der Waals surface area contributed by atoms with Crippen LogP contribution in [-0.4, -0.2) is 36.5 Å². The first-order valence-electron chi connectivity index (χ1n) is 7.51. The summed E-state index contributed by atoms with van der Waals surface area (Å²) in [5.41, 5.74) is 2.29. The Morgan fingerprint density at radius 2 is 2.10 bits per heavy atom. The third kappa shape index (κ3) is 4.77. The van der Waals surface area contributed by atoms with Crippen LogP contribution in [0.5, 0.6) is 0 Å². The highest BCUT2D eigenvalue weighted by molar-refractivity contribution is 5.78. The van der Waals surface area contributed by atoms with Crippen LogP contribution >= 0.6 is 0 Å². The number of nitrogens with zero attached hydrogens (tertiary/aromatic N) is 1. The lowest BCUT2D eigenvalue weighted by Gasteiger charge is -2.15. The van der Waals surface area contributed by atoms with Crippen molar-refractivity contribution in [2.24, 2.45) is 0 Å². The van der Waals surface area contributed by atoms with E-state index in [9.17, 15) is 9.59 Å². The van der Waals surface area contributed by atoms with Gasteiger partial charge in [-0.1, -0.05) is 24.3 Å². The average Bonchev–Trinajstić information content (AvgIpc) is 2.88. The molecule has 5 nitrogen and oxygen atoms in total. The second kappa shape index (κ2) is 7.67. The molecule has 2 N–H and O–H groups in total. The monoisotopic (exact) mass is 289 g/mol. The Bertz CT molecular complexity index is 502. The second-order valence-electron chi connectivity index (χ2n) is 5.37. The van der Waals surface area contributed by atoms with Crippen molar-refractivity contribution in [3.05, 3.63) is 35.4 Å². The first-order valence-corrected chi connectivity index (χ1v) is 7.51. The fraction of sp³-hybridized carbons (Fsp3) is 0.500. The second-order valence-corrected chi connectivity index (χ2v) is 5.37. The number of carbonyl (C=O) groups excluding carboxylic acids is 2. The van der Waals surface area contributed by atoms with Gasteiger partial charge >= 0.3 is 6.03 Å². The van der Waals surface area contributed by atoms with Gasteiger partial charge in [0.2, 0.25) is 5.91 Å². The fourth-order valence-corrected chi connectivity index (χ4v) is 2.46. The Kier molecular flexibility index (Phi) is 5.60. The Morgan fingerprint density at radius 3 is 2.81 bits per heavy atom. The maximum Gasteiger partial charge on any atom is 0.315 e. The van der Waals surface area contributed by atoms with Crippen LogP contribution < -0.4 is 10.6 Å². The topological polar surface area (TPSA) is 61.4 Å². The summed E-state index contributed by atoms with van der Waals surface area (Å²) >= 11 is 0. The van der Waals surface area contributed by atoms with E-state index in [-0.39, 0.29) is 11.9 Å². The van der Waals surface area contributed by atoms with Crippen LogP contribution in [0.1, 0.15) is 30.4 Å². The fourth-order valence-electron chi connectivity index (χ4n) is 2.46. The van der Waals surface area contributed by atoms with Crippen molar-refractivity contribution in [3.63, 3.8) is 0 Å². The zero-order valence-corrected chi connectivity index (χ0v) is 12.5. The maximum absolute atomic E-state index is 11.7. The zero-order chi connectivity index (χ0) is 15.1. The van der Waals surface area contributed by atoms with E-state index in [1.807, 2.05) is 36.1 Å². The molecule has 21 heavy (non-hydrogen) atoms. The van der Waals surface area contributed by atoms with Crippen molar-refractivity contribution in [1.82, 2.24) is 15.5 Å². The molecule has 0 bridgehead atoms. The van der Waals surface area contributed by atoms with Gasteiger partial charge in [0.15, 0.2) is 0 Å². The Morgan fingerprint density at radius 1 is 1.29 bits per heavy atom. The molecule has 1 heterocycles. The molecule has 1 aromatic rings. The summed E-state index contributed by atoms with van der Waals surface area (Å²) in [6, 6.07) is 7.83. The third-order valence-corrected chi connectivity index (χ3v) is 3.76. The van der Waals surface area contributed by atoms with Gasteiger partial charge in [-0.05, 0) is 30.9 Å². The van der Waals surface area contributed by atoms with E-state index in [0.717, 1.165) is 31.5 Å². The number of aryl methyl sites for hydroxylation is 1. The molecule has 1 aliphatic rings. The molecule has 0 aromatic heterocycles. The van der Waals surface area contributed by atoms with Crippen molar-refractivity contribution < 1.29 is 9.59 Å². The predicted molar refractivity (Wildman–Crippen MR) is 81.8 cm³/mol. The quantitative estimate of drug-likeness (QED) is 0.785. The lowest BCUT2D eigenvalue weighted by Crippen LogP contribution is -2.37. The molecule has 2 rings (SSSR count). The maximum atomic E-state index is 11.7. The van der Waals surface area contributed by atoms with Crippen molar-refractivity contribution in [1.29, 1.82) is 0 Å². The van der Waals surface area contributed by atoms with E-state index < -0.39 is 0 Å². The molecule has 114 valence electrons. The first kappa shape index (κ1) is 15.4. The average molecular weight is 289 g/mol. The lowest BCUT2D eigenvalue weighted by molar-refractivity contribution is -0.127. The zero-order valence-electron chi connectivity index (χ0n) is 12.5. The number of rotatable bonds is 6. The summed E-state index contributed by atoms with van der Waals surface area (Å²) in [4.78, 5) is 25.0. The molecule has 0 atom stereocenters. The molecule has 0 spiro atoms. The van der Waals surface area contributed by atoms with E-state index >= 15 is 0 Å². The highest BCUT2D eigenvalue weighted by atomic mass is 16.2. The minimum Gasteiger partial charge on any atom is -0.343 e. The SMILES string of the molecule is Cc1ccccc1CNC(=O)NCCCN1CCCC1=O. The number of hydrogen-bond donors (Lipinski definition) is 2. The third-order valence-electron chi connectivity index (χ3n) is 3.76. The molecule has 0 aliphatic carbocycles. The minimum absolute atomic E-state index is 0.161. The molecule has 0 saturated carbocycles. The van der Waals surface area contributed by atoms with E-state index in [1.54, 1.807) is 0 Å². The van der Waals surface area contributed by atoms with Crippen LogP contribution in [0.3, 0.4) is 0 Å². The first-order chi connectivity index (χ1) is 10.2. The number of amides is 3. The van der Waals surface area contributed by atoms with E-state index in [4.69, 9.17) is 0 Å². The van der Waals surface area contributed by atoms with Crippen LogP contribution in [0.2, 0.25) is 0 Å². The largest absolute Gasteiger partial charge is 0.343 e. The van der Waals surface area contributed by atoms with Crippen molar-refractivity contribution >= 4 is 11.9 Å². The summed E-state index contributed by atoms with van der Waals surface area (Å²) in [6.45, 7) is 4.74. The summed E-state index contributed by atoms with van der Waals surface area (Å²) in [5, 5.41) is 5.67. The normalized spacial score (nSPS) is 14.3. The Balaban J connectivity index is 1.59. The number of carbonyl (C=O) groups is 2. The lowest BCUT2D eigenvalue weighted by atomic mass is 10.1. The summed E-state index contributed by atoms with van der Waals surface area (Å²) in [5.74, 6) is 0.235. The van der Waals surface area contributed by atoms with Crippen molar-refractivity contribution in [3.8, 4) is 0 Å². The summed E-state index contributed by atoms with van der Waals surface area (Å²) < 4.78 is 0. The molecular weight excluding hydrogens is 266 g/mol. The number of urea groups is 1.